The van der Waals surface area contributed by atoms with Crippen molar-refractivity contribution >= 4 is 23.4 Å². The van der Waals surface area contributed by atoms with Crippen molar-refractivity contribution in [2.45, 2.75) is 6.92 Å². The van der Waals surface area contributed by atoms with E-state index < -0.39 is 0 Å². The van der Waals surface area contributed by atoms with Crippen LogP contribution < -0.4 is 16.3 Å². The molecule has 1 heterocycles. The zero-order valence-electron chi connectivity index (χ0n) is 9.12. The maximum atomic E-state index is 11.8. The van der Waals surface area contributed by atoms with Crippen LogP contribution in [0.5, 0.6) is 0 Å². The van der Waals surface area contributed by atoms with E-state index >= 15 is 0 Å². The number of allylic oxidation sites excluding steroid dienone is 1. The van der Waals surface area contributed by atoms with Crippen LogP contribution in [0.3, 0.4) is 0 Å². The Morgan fingerprint density at radius 3 is 2.81 bits per heavy atom. The molecule has 0 spiro atoms. The van der Waals surface area contributed by atoms with E-state index in [-0.39, 0.29) is 5.63 Å². The first-order valence-corrected chi connectivity index (χ1v) is 4.99. The van der Waals surface area contributed by atoms with Gasteiger partial charge in [-0.3, -0.25) is 0 Å². The SMILES string of the molecule is C=C/C=c1/oc(=O)c2c(C)cccc2c1=C. The highest BCUT2D eigenvalue weighted by atomic mass is 16.4. The molecule has 2 rings (SSSR count). The molecule has 2 aromatic rings. The van der Waals surface area contributed by atoms with Gasteiger partial charge < -0.3 is 4.42 Å². The van der Waals surface area contributed by atoms with E-state index in [1.165, 1.54) is 0 Å². The Hall–Kier alpha value is -2.09. The van der Waals surface area contributed by atoms with Crippen LogP contribution >= 0.6 is 0 Å². The molecule has 0 amide bonds. The third-order valence-corrected chi connectivity index (χ3v) is 2.57. The first-order chi connectivity index (χ1) is 7.65. The summed E-state index contributed by atoms with van der Waals surface area (Å²) in [5.41, 5.74) is 1.05. The molecule has 0 radical (unpaired) electrons. The van der Waals surface area contributed by atoms with Crippen LogP contribution in [0.2, 0.25) is 0 Å². The predicted octanol–water partition coefficient (Wildman–Crippen LogP) is 1.48. The Morgan fingerprint density at radius 2 is 2.12 bits per heavy atom. The lowest BCUT2D eigenvalue weighted by atomic mass is 10.1. The van der Waals surface area contributed by atoms with Gasteiger partial charge in [0.05, 0.1) is 5.39 Å². The minimum atomic E-state index is -0.325. The van der Waals surface area contributed by atoms with Crippen molar-refractivity contribution in [1.29, 1.82) is 0 Å². The molecule has 0 aliphatic rings. The molecule has 2 heteroatoms. The quantitative estimate of drug-likeness (QED) is 0.716. The lowest BCUT2D eigenvalue weighted by Gasteiger charge is -2.00. The number of hydrogen-bond donors (Lipinski definition) is 0. The van der Waals surface area contributed by atoms with Gasteiger partial charge in [-0.2, -0.15) is 0 Å². The molecular weight excluding hydrogens is 200 g/mol. The Bertz CT molecular complexity index is 721. The molecule has 0 aliphatic carbocycles. The summed E-state index contributed by atoms with van der Waals surface area (Å²) in [5, 5.41) is 2.16. The highest BCUT2D eigenvalue weighted by molar-refractivity contribution is 5.84. The molecule has 2 nitrogen and oxygen atoms in total. The fourth-order valence-corrected chi connectivity index (χ4v) is 1.78. The van der Waals surface area contributed by atoms with Crippen molar-refractivity contribution in [1.82, 2.24) is 0 Å². The second kappa shape index (κ2) is 3.81. The van der Waals surface area contributed by atoms with Crippen LogP contribution in [0, 0.1) is 6.92 Å². The zero-order chi connectivity index (χ0) is 11.7. The van der Waals surface area contributed by atoms with Gasteiger partial charge in [-0.05, 0) is 23.9 Å². The number of rotatable bonds is 1. The summed E-state index contributed by atoms with van der Waals surface area (Å²) in [6, 6.07) is 5.67. The van der Waals surface area contributed by atoms with Gasteiger partial charge in [0, 0.05) is 5.22 Å². The summed E-state index contributed by atoms with van der Waals surface area (Å²) in [4.78, 5) is 11.8. The minimum absolute atomic E-state index is 0.325. The van der Waals surface area contributed by atoms with Crippen LogP contribution in [0.4, 0.5) is 0 Å². The van der Waals surface area contributed by atoms with Crippen LogP contribution in [0.15, 0.2) is 40.1 Å². The number of hydrogen-bond acceptors (Lipinski definition) is 2. The first kappa shape index (κ1) is 10.4. The predicted molar refractivity (Wildman–Crippen MR) is 66.7 cm³/mol. The highest BCUT2D eigenvalue weighted by Crippen LogP contribution is 2.08. The van der Waals surface area contributed by atoms with E-state index in [0.29, 0.717) is 10.8 Å². The van der Waals surface area contributed by atoms with E-state index in [4.69, 9.17) is 4.42 Å². The summed E-state index contributed by atoms with van der Waals surface area (Å²) in [7, 11) is 0. The topological polar surface area (TPSA) is 30.2 Å². The number of benzene rings is 1. The summed E-state index contributed by atoms with van der Waals surface area (Å²) in [5.74, 6) is 0. The Labute approximate surface area is 92.8 Å². The van der Waals surface area contributed by atoms with Gasteiger partial charge in [-0.1, -0.05) is 37.4 Å². The maximum Gasteiger partial charge on any atom is 0.344 e. The third kappa shape index (κ3) is 1.48. The van der Waals surface area contributed by atoms with E-state index in [0.717, 1.165) is 16.2 Å². The van der Waals surface area contributed by atoms with Gasteiger partial charge in [-0.25, -0.2) is 4.79 Å². The van der Waals surface area contributed by atoms with Gasteiger partial charge in [0.2, 0.25) is 0 Å². The standard InChI is InChI=1S/C14H12O2/c1-4-6-12-10(3)11-8-5-7-9(2)13(11)14(15)16-12/h4-8H,1,3H2,2H3/b12-6+. The van der Waals surface area contributed by atoms with Gasteiger partial charge in [0.25, 0.3) is 0 Å². The van der Waals surface area contributed by atoms with Crippen LogP contribution in [-0.4, -0.2) is 0 Å². The third-order valence-electron chi connectivity index (χ3n) is 2.57. The summed E-state index contributed by atoms with van der Waals surface area (Å²) >= 11 is 0. The molecule has 1 aromatic heterocycles. The number of aryl methyl sites for hydroxylation is 1. The smallest absolute Gasteiger partial charge is 0.344 e. The monoisotopic (exact) mass is 212 g/mol. The van der Waals surface area contributed by atoms with Crippen molar-refractivity contribution in [3.63, 3.8) is 0 Å². The van der Waals surface area contributed by atoms with Gasteiger partial charge in [-0.15, -0.1) is 0 Å². The largest absolute Gasteiger partial charge is 0.422 e. The lowest BCUT2D eigenvalue weighted by Crippen LogP contribution is -2.29. The van der Waals surface area contributed by atoms with Crippen LogP contribution in [0.25, 0.3) is 23.4 Å². The van der Waals surface area contributed by atoms with Crippen LogP contribution in [-0.2, 0) is 0 Å². The van der Waals surface area contributed by atoms with Gasteiger partial charge in [0.15, 0.2) is 0 Å². The van der Waals surface area contributed by atoms with Crippen molar-refractivity contribution in [3.8, 4) is 0 Å². The Kier molecular flexibility index (Phi) is 2.49. The molecule has 80 valence electrons. The molecule has 0 N–H and O–H groups in total. The lowest BCUT2D eigenvalue weighted by molar-refractivity contribution is 0.482. The van der Waals surface area contributed by atoms with Crippen molar-refractivity contribution in [3.05, 3.63) is 57.5 Å². The fourth-order valence-electron chi connectivity index (χ4n) is 1.78. The molecule has 0 unspecified atom stereocenters. The number of fused-ring (bicyclic) bond motifs is 1. The Morgan fingerprint density at radius 1 is 1.38 bits per heavy atom. The van der Waals surface area contributed by atoms with Crippen molar-refractivity contribution < 1.29 is 4.42 Å². The molecule has 0 aliphatic heterocycles. The molecule has 0 saturated carbocycles. The molecule has 1 aromatic carbocycles. The average molecular weight is 212 g/mol. The second-order valence-corrected chi connectivity index (χ2v) is 3.63. The maximum absolute atomic E-state index is 11.8. The van der Waals surface area contributed by atoms with E-state index in [2.05, 4.69) is 13.2 Å². The van der Waals surface area contributed by atoms with Crippen molar-refractivity contribution in [2.75, 3.05) is 0 Å². The van der Waals surface area contributed by atoms with E-state index in [1.807, 2.05) is 25.1 Å². The molecule has 0 fully saturated rings. The highest BCUT2D eigenvalue weighted by Gasteiger charge is 2.04. The van der Waals surface area contributed by atoms with Gasteiger partial charge in [0.1, 0.15) is 5.42 Å². The normalized spacial score (nSPS) is 11.9. The minimum Gasteiger partial charge on any atom is -0.422 e. The molecule has 0 saturated heterocycles. The van der Waals surface area contributed by atoms with E-state index in [1.54, 1.807) is 12.2 Å². The van der Waals surface area contributed by atoms with E-state index in [9.17, 15) is 4.79 Å². The summed E-state index contributed by atoms with van der Waals surface area (Å²) < 4.78 is 5.20. The summed E-state index contributed by atoms with van der Waals surface area (Å²) in [6.45, 7) is 9.40. The molecule has 16 heavy (non-hydrogen) atoms. The fraction of sp³-hybridized carbons (Fsp3) is 0.0714. The van der Waals surface area contributed by atoms with Crippen molar-refractivity contribution in [2.24, 2.45) is 0 Å². The zero-order valence-corrected chi connectivity index (χ0v) is 9.12. The Balaban J connectivity index is 3.15. The second-order valence-electron chi connectivity index (χ2n) is 3.63. The summed E-state index contributed by atoms with van der Waals surface area (Å²) in [6.07, 6.45) is 3.22. The molecule has 0 bridgehead atoms. The molecular formula is C14H12O2. The first-order valence-electron chi connectivity index (χ1n) is 4.99. The van der Waals surface area contributed by atoms with Crippen LogP contribution in [0.1, 0.15) is 5.56 Å². The average Bonchev–Trinajstić information content (AvgIpc) is 2.25. The molecule has 0 atom stereocenters. The van der Waals surface area contributed by atoms with Gasteiger partial charge >= 0.3 is 5.63 Å².